The fraction of sp³-hybridized carbons (Fsp3) is 0.364. The molecule has 0 saturated carbocycles. The van der Waals surface area contributed by atoms with Gasteiger partial charge in [-0.25, -0.2) is 0 Å². The molecular weight excluding hydrogens is 174 g/mol. The molecule has 0 aromatic heterocycles. The summed E-state index contributed by atoms with van der Waals surface area (Å²) in [6, 6.07) is 0. The molecule has 0 rings (SSSR count). The zero-order valence-electron chi connectivity index (χ0n) is 8.56. The van der Waals surface area contributed by atoms with Crippen LogP contribution in [0.1, 0.15) is 26.2 Å². The zero-order valence-corrected chi connectivity index (χ0v) is 8.56. The van der Waals surface area contributed by atoms with Crippen LogP contribution in [0.25, 0.3) is 0 Å². The molecule has 0 aromatic rings. The molecule has 0 heterocycles. The van der Waals surface area contributed by atoms with Crippen LogP contribution in [0.2, 0.25) is 0 Å². The average Bonchev–Trinajstić information content (AvgIpc) is 2.21. The van der Waals surface area contributed by atoms with Gasteiger partial charge in [-0.2, -0.15) is 5.53 Å². The molecule has 14 heavy (non-hydrogen) atoms. The molecule has 0 radical (unpaired) electrons. The predicted molar refractivity (Wildman–Crippen MR) is 60.6 cm³/mol. The Balaban J connectivity index is 3.48. The molecule has 3 heteroatoms. The van der Waals surface area contributed by atoms with Gasteiger partial charge in [-0.3, -0.25) is 0 Å². The maximum absolute atomic E-state index is 6.38. The van der Waals surface area contributed by atoms with Crippen LogP contribution in [-0.4, -0.2) is 6.21 Å². The molecule has 0 aliphatic heterocycles. The van der Waals surface area contributed by atoms with Gasteiger partial charge in [0.05, 0.1) is 6.21 Å². The fourth-order valence-electron chi connectivity index (χ4n) is 0.802. The van der Waals surface area contributed by atoms with Crippen LogP contribution in [0.15, 0.2) is 46.8 Å². The molecule has 0 saturated heterocycles. The minimum atomic E-state index is 0.963. The molecular formula is C11H17N3. The molecule has 0 aromatic carbocycles. The highest BCUT2D eigenvalue weighted by atomic mass is 15.3. The van der Waals surface area contributed by atoms with E-state index in [1.54, 1.807) is 6.08 Å². The Morgan fingerprint density at radius 1 is 1.07 bits per heavy atom. The van der Waals surface area contributed by atoms with E-state index in [0.717, 1.165) is 12.8 Å². The molecule has 0 bridgehead atoms. The van der Waals surface area contributed by atoms with Crippen LogP contribution in [0.4, 0.5) is 0 Å². The quantitative estimate of drug-likeness (QED) is 0.209. The van der Waals surface area contributed by atoms with E-state index >= 15 is 0 Å². The Labute approximate surface area is 85.4 Å². The summed E-state index contributed by atoms with van der Waals surface area (Å²) in [6.45, 7) is 2.17. The maximum atomic E-state index is 6.38. The number of unbranched alkanes of at least 4 members (excludes halogenated alkanes) is 1. The van der Waals surface area contributed by atoms with Gasteiger partial charge in [0.1, 0.15) is 0 Å². The van der Waals surface area contributed by atoms with Crippen molar-refractivity contribution in [2.75, 3.05) is 0 Å². The van der Waals surface area contributed by atoms with Gasteiger partial charge >= 0.3 is 0 Å². The van der Waals surface area contributed by atoms with Crippen molar-refractivity contribution < 1.29 is 0 Å². The topological polar surface area (TPSA) is 48.6 Å². The van der Waals surface area contributed by atoms with Crippen molar-refractivity contribution in [1.29, 1.82) is 5.53 Å². The van der Waals surface area contributed by atoms with Crippen molar-refractivity contribution in [1.82, 2.24) is 0 Å². The second-order valence-corrected chi connectivity index (χ2v) is 2.67. The van der Waals surface area contributed by atoms with Crippen molar-refractivity contribution in [3.05, 3.63) is 36.5 Å². The van der Waals surface area contributed by atoms with Gasteiger partial charge in [-0.15, -0.1) is 5.10 Å². The molecule has 3 nitrogen and oxygen atoms in total. The minimum Gasteiger partial charge on any atom is -0.185 e. The highest BCUT2D eigenvalue weighted by molar-refractivity contribution is 5.71. The molecule has 0 spiro atoms. The lowest BCUT2D eigenvalue weighted by atomic mass is 10.2. The SMILES string of the molecule is CCC/C=C/C/C=C/C=C/C=N\N=N. The molecule has 0 unspecified atom stereocenters. The van der Waals surface area contributed by atoms with Gasteiger partial charge in [0.2, 0.25) is 0 Å². The summed E-state index contributed by atoms with van der Waals surface area (Å²) < 4.78 is 0. The van der Waals surface area contributed by atoms with Crippen LogP contribution in [0, 0.1) is 5.53 Å². The number of hydrogen-bond acceptors (Lipinski definition) is 2. The van der Waals surface area contributed by atoms with Crippen molar-refractivity contribution in [2.45, 2.75) is 26.2 Å². The second kappa shape index (κ2) is 11.5. The van der Waals surface area contributed by atoms with E-state index in [0.29, 0.717) is 0 Å². The lowest BCUT2D eigenvalue weighted by Crippen LogP contribution is -1.63. The summed E-state index contributed by atoms with van der Waals surface area (Å²) in [5.74, 6) is 0. The summed E-state index contributed by atoms with van der Waals surface area (Å²) in [4.78, 5) is 0. The Hall–Kier alpha value is -1.51. The number of nitrogens with zero attached hydrogens (tertiary/aromatic N) is 2. The first-order valence-electron chi connectivity index (χ1n) is 4.78. The Kier molecular flexibility index (Phi) is 10.3. The van der Waals surface area contributed by atoms with Crippen molar-refractivity contribution in [2.24, 2.45) is 10.3 Å². The molecule has 76 valence electrons. The summed E-state index contributed by atoms with van der Waals surface area (Å²) in [6.07, 6.45) is 16.8. The van der Waals surface area contributed by atoms with Crippen molar-refractivity contribution in [3.63, 3.8) is 0 Å². The second-order valence-electron chi connectivity index (χ2n) is 2.67. The van der Waals surface area contributed by atoms with Crippen LogP contribution in [-0.2, 0) is 0 Å². The number of nitrogens with one attached hydrogen (secondary N) is 1. The standard InChI is InChI=1S/C11H17N3/c1-2-3-4-5-6-7-8-9-10-11-13-14-12/h4-5,7-12H,2-3,6H2,1H3/b5-4+,8-7+,10-9+,13-11-,14-12?. The van der Waals surface area contributed by atoms with Crippen LogP contribution >= 0.6 is 0 Å². The minimum absolute atomic E-state index is 0.963. The van der Waals surface area contributed by atoms with Gasteiger partial charge in [-0.1, -0.05) is 48.9 Å². The van der Waals surface area contributed by atoms with E-state index < -0.39 is 0 Å². The lowest BCUT2D eigenvalue weighted by Gasteiger charge is -1.82. The first-order chi connectivity index (χ1) is 6.91. The third-order valence-corrected chi connectivity index (χ3v) is 1.46. The normalized spacial score (nSPS) is 12.6. The zero-order chi connectivity index (χ0) is 10.5. The van der Waals surface area contributed by atoms with Gasteiger partial charge in [0.25, 0.3) is 0 Å². The lowest BCUT2D eigenvalue weighted by molar-refractivity contribution is 0.954. The molecule has 0 atom stereocenters. The third-order valence-electron chi connectivity index (χ3n) is 1.46. The highest BCUT2D eigenvalue weighted by Gasteiger charge is 1.71. The monoisotopic (exact) mass is 191 g/mol. The van der Waals surface area contributed by atoms with Gasteiger partial charge in [-0.05, 0) is 18.9 Å². The number of rotatable bonds is 7. The van der Waals surface area contributed by atoms with Crippen molar-refractivity contribution >= 4 is 6.21 Å². The van der Waals surface area contributed by atoms with Gasteiger partial charge < -0.3 is 0 Å². The smallest absolute Gasteiger partial charge is 0.0513 e. The number of allylic oxidation sites excluding steroid dienone is 6. The molecule has 1 N–H and O–H groups in total. The average molecular weight is 191 g/mol. The van der Waals surface area contributed by atoms with Gasteiger partial charge in [0.15, 0.2) is 0 Å². The van der Waals surface area contributed by atoms with Crippen LogP contribution < -0.4 is 0 Å². The largest absolute Gasteiger partial charge is 0.185 e. The Morgan fingerprint density at radius 3 is 2.64 bits per heavy atom. The molecule has 0 aliphatic rings. The summed E-state index contributed by atoms with van der Waals surface area (Å²) in [5.41, 5.74) is 6.38. The van der Waals surface area contributed by atoms with E-state index in [2.05, 4.69) is 35.5 Å². The van der Waals surface area contributed by atoms with E-state index in [-0.39, 0.29) is 0 Å². The van der Waals surface area contributed by atoms with E-state index in [9.17, 15) is 0 Å². The van der Waals surface area contributed by atoms with Crippen molar-refractivity contribution in [3.8, 4) is 0 Å². The van der Waals surface area contributed by atoms with E-state index in [4.69, 9.17) is 5.53 Å². The fourth-order valence-corrected chi connectivity index (χ4v) is 0.802. The van der Waals surface area contributed by atoms with Crippen LogP contribution in [0.5, 0.6) is 0 Å². The summed E-state index contributed by atoms with van der Waals surface area (Å²) in [7, 11) is 0. The Morgan fingerprint density at radius 2 is 1.93 bits per heavy atom. The van der Waals surface area contributed by atoms with E-state index in [1.807, 2.05) is 12.2 Å². The Bertz CT molecular complexity index is 237. The summed E-state index contributed by atoms with van der Waals surface area (Å²) >= 11 is 0. The first kappa shape index (κ1) is 12.5. The highest BCUT2D eigenvalue weighted by Crippen LogP contribution is 1.92. The number of hydrogen-bond donors (Lipinski definition) is 1. The summed E-state index contributed by atoms with van der Waals surface area (Å²) in [5, 5.41) is 6.20. The van der Waals surface area contributed by atoms with Crippen LogP contribution in [0.3, 0.4) is 0 Å². The van der Waals surface area contributed by atoms with Gasteiger partial charge in [0, 0.05) is 0 Å². The van der Waals surface area contributed by atoms with E-state index in [1.165, 1.54) is 12.6 Å². The molecule has 0 aliphatic carbocycles. The third kappa shape index (κ3) is 10.5. The molecule has 0 fully saturated rings. The maximum Gasteiger partial charge on any atom is 0.0513 e. The molecule has 0 amide bonds. The predicted octanol–water partition coefficient (Wildman–Crippen LogP) is 3.86. The first-order valence-corrected chi connectivity index (χ1v) is 4.78.